The lowest BCUT2D eigenvalue weighted by Crippen LogP contribution is -2.47. The van der Waals surface area contributed by atoms with Crippen molar-refractivity contribution in [1.29, 1.82) is 0 Å². The van der Waals surface area contributed by atoms with Gasteiger partial charge in [0, 0.05) is 25.0 Å². The highest BCUT2D eigenvalue weighted by molar-refractivity contribution is 6.04. The summed E-state index contributed by atoms with van der Waals surface area (Å²) in [6, 6.07) is 13.5. The van der Waals surface area contributed by atoms with E-state index in [0.29, 0.717) is 37.5 Å². The predicted molar refractivity (Wildman–Crippen MR) is 129 cm³/mol. The average molecular weight is 466 g/mol. The summed E-state index contributed by atoms with van der Waals surface area (Å²) in [6.45, 7) is 5.13. The van der Waals surface area contributed by atoms with Gasteiger partial charge < -0.3 is 15.5 Å². The largest absolute Gasteiger partial charge is 0.349 e. The van der Waals surface area contributed by atoms with Crippen molar-refractivity contribution >= 4 is 23.4 Å². The Kier molecular flexibility index (Phi) is 7.29. The maximum atomic E-state index is 13.9. The van der Waals surface area contributed by atoms with Crippen molar-refractivity contribution in [3.05, 3.63) is 65.5 Å². The Hall–Kier alpha value is -3.22. The van der Waals surface area contributed by atoms with Crippen molar-refractivity contribution in [3.8, 4) is 0 Å². The first-order chi connectivity index (χ1) is 16.4. The normalized spacial score (nSPS) is 21.0. The lowest BCUT2D eigenvalue weighted by molar-refractivity contribution is -0.134. The van der Waals surface area contributed by atoms with E-state index in [1.165, 1.54) is 12.1 Å². The Labute approximate surface area is 199 Å². The highest BCUT2D eigenvalue weighted by atomic mass is 19.1. The lowest BCUT2D eigenvalue weighted by Gasteiger charge is -2.34. The molecule has 6 nitrogen and oxygen atoms in total. The number of halogens is 1. The lowest BCUT2D eigenvalue weighted by atomic mass is 9.93. The maximum Gasteiger partial charge on any atom is 0.253 e. The summed E-state index contributed by atoms with van der Waals surface area (Å²) >= 11 is 0. The van der Waals surface area contributed by atoms with Gasteiger partial charge in [-0.1, -0.05) is 44.2 Å². The standard InChI is InChI=1S/C27H32FN3O3/c1-3-21(18-7-5-4-6-8-18)27(34)31-13-11-20(12-14-31)29-26(33)23-16-19(28)9-10-24(23)30-25(32)22-15-17(22)2/h4-10,16-17,20-22H,3,11-15H2,1-2H3,(H,29,33)(H,30,32). The van der Waals surface area contributed by atoms with Crippen molar-refractivity contribution < 1.29 is 18.8 Å². The van der Waals surface area contributed by atoms with E-state index in [1.54, 1.807) is 0 Å². The predicted octanol–water partition coefficient (Wildman–Crippen LogP) is 4.33. The van der Waals surface area contributed by atoms with E-state index in [0.717, 1.165) is 24.5 Å². The molecule has 2 fully saturated rings. The summed E-state index contributed by atoms with van der Waals surface area (Å²) in [4.78, 5) is 40.3. The summed E-state index contributed by atoms with van der Waals surface area (Å²) in [5.74, 6) is -0.855. The van der Waals surface area contributed by atoms with Crippen molar-refractivity contribution in [2.24, 2.45) is 11.8 Å². The van der Waals surface area contributed by atoms with Crippen LogP contribution in [-0.2, 0) is 9.59 Å². The minimum Gasteiger partial charge on any atom is -0.349 e. The SMILES string of the molecule is CCC(C(=O)N1CCC(NC(=O)c2cc(F)ccc2NC(=O)C2CC2C)CC1)c1ccccc1. The second kappa shape index (κ2) is 10.4. The number of amides is 3. The Balaban J connectivity index is 1.35. The number of nitrogens with zero attached hydrogens (tertiary/aromatic N) is 1. The minimum absolute atomic E-state index is 0.0503. The third-order valence-corrected chi connectivity index (χ3v) is 6.98. The molecule has 1 saturated carbocycles. The summed E-state index contributed by atoms with van der Waals surface area (Å²) in [5, 5.41) is 5.75. The van der Waals surface area contributed by atoms with Crippen LogP contribution < -0.4 is 10.6 Å². The van der Waals surface area contributed by atoms with Gasteiger partial charge in [0.05, 0.1) is 17.2 Å². The number of hydrogen-bond acceptors (Lipinski definition) is 3. The molecule has 180 valence electrons. The van der Waals surface area contributed by atoms with Crippen LogP contribution in [0.25, 0.3) is 0 Å². The number of benzene rings is 2. The molecule has 2 aliphatic rings. The van der Waals surface area contributed by atoms with E-state index in [-0.39, 0.29) is 35.3 Å². The fourth-order valence-electron chi connectivity index (χ4n) is 4.69. The van der Waals surface area contributed by atoms with Gasteiger partial charge in [0.1, 0.15) is 5.82 Å². The molecule has 2 N–H and O–H groups in total. The molecular formula is C27H32FN3O3. The van der Waals surface area contributed by atoms with Gasteiger partial charge in [-0.15, -0.1) is 0 Å². The highest BCUT2D eigenvalue weighted by Crippen LogP contribution is 2.38. The fraction of sp³-hybridized carbons (Fsp3) is 0.444. The molecule has 2 aromatic rings. The van der Waals surface area contributed by atoms with E-state index in [1.807, 2.05) is 49.1 Å². The van der Waals surface area contributed by atoms with Gasteiger partial charge in [0.2, 0.25) is 11.8 Å². The summed E-state index contributed by atoms with van der Waals surface area (Å²) in [6.07, 6.45) is 2.81. The number of rotatable bonds is 7. The molecule has 1 saturated heterocycles. The molecule has 1 aliphatic carbocycles. The molecule has 0 bridgehead atoms. The third-order valence-electron chi connectivity index (χ3n) is 6.98. The van der Waals surface area contributed by atoms with E-state index < -0.39 is 11.7 Å². The van der Waals surface area contributed by atoms with Crippen LogP contribution in [0.2, 0.25) is 0 Å². The van der Waals surface area contributed by atoms with Crippen LogP contribution in [0.15, 0.2) is 48.5 Å². The van der Waals surface area contributed by atoms with Crippen LogP contribution in [0.1, 0.15) is 61.4 Å². The van der Waals surface area contributed by atoms with Gasteiger partial charge in [-0.05, 0) is 55.4 Å². The number of carbonyl (C=O) groups excluding carboxylic acids is 3. The van der Waals surface area contributed by atoms with Crippen LogP contribution in [0.5, 0.6) is 0 Å². The summed E-state index contributed by atoms with van der Waals surface area (Å²) < 4.78 is 13.9. The Morgan fingerprint density at radius 1 is 1.09 bits per heavy atom. The van der Waals surface area contributed by atoms with Gasteiger partial charge in [0.15, 0.2) is 0 Å². The number of piperidine rings is 1. The molecule has 4 rings (SSSR count). The molecule has 0 radical (unpaired) electrons. The number of anilines is 1. The third kappa shape index (κ3) is 5.46. The summed E-state index contributed by atoms with van der Waals surface area (Å²) in [5.41, 5.74) is 1.46. The molecule has 34 heavy (non-hydrogen) atoms. The smallest absolute Gasteiger partial charge is 0.253 e. The highest BCUT2D eigenvalue weighted by Gasteiger charge is 2.39. The number of nitrogens with one attached hydrogen (secondary N) is 2. The zero-order valence-electron chi connectivity index (χ0n) is 19.7. The Bertz CT molecular complexity index is 1050. The molecule has 2 aromatic carbocycles. The topological polar surface area (TPSA) is 78.5 Å². The van der Waals surface area contributed by atoms with E-state index in [2.05, 4.69) is 10.6 Å². The maximum absolute atomic E-state index is 13.9. The first-order valence-corrected chi connectivity index (χ1v) is 12.1. The van der Waals surface area contributed by atoms with Gasteiger partial charge in [-0.3, -0.25) is 14.4 Å². The molecular weight excluding hydrogens is 433 g/mol. The minimum atomic E-state index is -0.533. The zero-order valence-corrected chi connectivity index (χ0v) is 19.7. The van der Waals surface area contributed by atoms with Crippen LogP contribution in [-0.4, -0.2) is 41.8 Å². The molecule has 3 atom stereocenters. The van der Waals surface area contributed by atoms with Gasteiger partial charge in [0.25, 0.3) is 5.91 Å². The van der Waals surface area contributed by atoms with Crippen molar-refractivity contribution in [2.75, 3.05) is 18.4 Å². The van der Waals surface area contributed by atoms with Gasteiger partial charge in [-0.2, -0.15) is 0 Å². The Morgan fingerprint density at radius 2 is 1.76 bits per heavy atom. The van der Waals surface area contributed by atoms with Crippen molar-refractivity contribution in [1.82, 2.24) is 10.2 Å². The molecule has 1 aliphatic heterocycles. The monoisotopic (exact) mass is 465 g/mol. The second-order valence-corrected chi connectivity index (χ2v) is 9.44. The van der Waals surface area contributed by atoms with Crippen LogP contribution >= 0.6 is 0 Å². The second-order valence-electron chi connectivity index (χ2n) is 9.44. The molecule has 0 spiro atoms. The van der Waals surface area contributed by atoms with E-state index in [4.69, 9.17) is 0 Å². The molecule has 3 amide bonds. The van der Waals surface area contributed by atoms with Crippen molar-refractivity contribution in [3.63, 3.8) is 0 Å². The quantitative estimate of drug-likeness (QED) is 0.639. The van der Waals surface area contributed by atoms with E-state index in [9.17, 15) is 18.8 Å². The van der Waals surface area contributed by atoms with Gasteiger partial charge in [-0.25, -0.2) is 4.39 Å². The summed E-state index contributed by atoms with van der Waals surface area (Å²) in [7, 11) is 0. The van der Waals surface area contributed by atoms with Crippen molar-refractivity contribution in [2.45, 2.75) is 51.5 Å². The number of hydrogen-bond donors (Lipinski definition) is 2. The van der Waals surface area contributed by atoms with E-state index >= 15 is 0 Å². The molecule has 1 heterocycles. The van der Waals surface area contributed by atoms with Crippen LogP contribution in [0, 0.1) is 17.7 Å². The number of likely N-dealkylation sites (tertiary alicyclic amines) is 1. The molecule has 0 aromatic heterocycles. The first kappa shape index (κ1) is 23.9. The first-order valence-electron chi connectivity index (χ1n) is 12.1. The molecule has 7 heteroatoms. The number of carbonyl (C=O) groups is 3. The molecule has 3 unspecified atom stereocenters. The van der Waals surface area contributed by atoms with Gasteiger partial charge >= 0.3 is 0 Å². The fourth-order valence-corrected chi connectivity index (χ4v) is 4.69. The Morgan fingerprint density at radius 3 is 2.38 bits per heavy atom. The van der Waals surface area contributed by atoms with Crippen LogP contribution in [0.4, 0.5) is 10.1 Å². The zero-order chi connectivity index (χ0) is 24.2. The average Bonchev–Trinajstić information content (AvgIpc) is 3.58. The van der Waals surface area contributed by atoms with Crippen LogP contribution in [0.3, 0.4) is 0 Å².